The van der Waals surface area contributed by atoms with Gasteiger partial charge >= 0.3 is 6.18 Å². The summed E-state index contributed by atoms with van der Waals surface area (Å²) in [6, 6.07) is 6.18. The highest BCUT2D eigenvalue weighted by Crippen LogP contribution is 2.29. The Bertz CT molecular complexity index is 948. The van der Waals surface area contributed by atoms with E-state index >= 15 is 0 Å². The highest BCUT2D eigenvalue weighted by molar-refractivity contribution is 14.0. The molecule has 0 saturated carbocycles. The smallest absolute Gasteiger partial charge is 0.361 e. The average Bonchev–Trinajstić information content (AvgIpc) is 3.26. The maximum atomic E-state index is 12.6. The van der Waals surface area contributed by atoms with Crippen LogP contribution in [0.4, 0.5) is 13.2 Å². The minimum Gasteiger partial charge on any atom is -0.361 e. The first-order chi connectivity index (χ1) is 12.9. The van der Waals surface area contributed by atoms with Gasteiger partial charge in [0.05, 0.1) is 6.54 Å². The van der Waals surface area contributed by atoms with E-state index in [1.54, 1.807) is 7.05 Å². The molecule has 2 heterocycles. The number of aromatic amines is 1. The summed E-state index contributed by atoms with van der Waals surface area (Å²) in [5.74, 6) is 0.523. The first-order valence-corrected chi connectivity index (χ1v) is 9.28. The zero-order valence-electron chi connectivity index (χ0n) is 15.4. The normalized spacial score (nSPS) is 12.1. The van der Waals surface area contributed by atoms with E-state index < -0.39 is 11.9 Å². The monoisotopic (exact) mass is 523 g/mol. The number of benzene rings is 1. The van der Waals surface area contributed by atoms with Gasteiger partial charge in [-0.05, 0) is 24.5 Å². The highest BCUT2D eigenvalue weighted by Gasteiger charge is 2.33. The Labute approximate surface area is 181 Å². The Morgan fingerprint density at radius 3 is 2.75 bits per heavy atom. The number of thiazole rings is 1. The van der Waals surface area contributed by atoms with Gasteiger partial charge < -0.3 is 15.6 Å². The van der Waals surface area contributed by atoms with Crippen molar-refractivity contribution in [2.24, 2.45) is 4.99 Å². The molecule has 0 unspecified atom stereocenters. The number of aliphatic imine (C=N–C) groups is 1. The number of guanidine groups is 1. The van der Waals surface area contributed by atoms with E-state index in [-0.39, 0.29) is 30.5 Å². The molecule has 0 aliphatic carbocycles. The molecule has 152 valence electrons. The van der Waals surface area contributed by atoms with Crippen LogP contribution in [0.15, 0.2) is 34.8 Å². The Morgan fingerprint density at radius 2 is 2.07 bits per heavy atom. The fourth-order valence-electron chi connectivity index (χ4n) is 2.79. The van der Waals surface area contributed by atoms with Crippen LogP contribution in [-0.2, 0) is 19.1 Å². The van der Waals surface area contributed by atoms with Gasteiger partial charge in [-0.2, -0.15) is 13.2 Å². The maximum absolute atomic E-state index is 12.6. The van der Waals surface area contributed by atoms with Gasteiger partial charge in [0.15, 0.2) is 11.7 Å². The molecule has 1 aromatic carbocycles. The number of hydrogen-bond donors (Lipinski definition) is 3. The first-order valence-electron chi connectivity index (χ1n) is 8.40. The number of fused-ring (bicyclic) bond motifs is 1. The third-order valence-electron chi connectivity index (χ3n) is 4.17. The molecule has 5 nitrogen and oxygen atoms in total. The second-order valence-corrected chi connectivity index (χ2v) is 6.98. The molecule has 0 spiro atoms. The lowest BCUT2D eigenvalue weighted by Gasteiger charge is -2.10. The van der Waals surface area contributed by atoms with Crippen molar-refractivity contribution < 1.29 is 13.2 Å². The van der Waals surface area contributed by atoms with E-state index in [0.717, 1.165) is 28.7 Å². The van der Waals surface area contributed by atoms with Gasteiger partial charge in [0.25, 0.3) is 0 Å². The van der Waals surface area contributed by atoms with Gasteiger partial charge in [-0.25, -0.2) is 4.98 Å². The topological polar surface area (TPSA) is 65.1 Å². The van der Waals surface area contributed by atoms with E-state index in [9.17, 15) is 13.2 Å². The summed E-state index contributed by atoms with van der Waals surface area (Å²) >= 11 is 0.973. The molecular weight excluding hydrogens is 502 g/mol. The molecule has 2 aromatic heterocycles. The summed E-state index contributed by atoms with van der Waals surface area (Å²) in [6.45, 7) is 2.90. The Hall–Kier alpha value is -1.82. The molecule has 0 aliphatic rings. The first kappa shape index (κ1) is 22.5. The molecule has 0 bridgehead atoms. The molecule has 10 heteroatoms. The van der Waals surface area contributed by atoms with Crippen molar-refractivity contribution in [3.8, 4) is 0 Å². The number of alkyl halides is 3. The predicted molar refractivity (Wildman–Crippen MR) is 117 cm³/mol. The van der Waals surface area contributed by atoms with Crippen molar-refractivity contribution in [2.45, 2.75) is 26.1 Å². The number of nitrogens with zero attached hydrogens (tertiary/aromatic N) is 2. The van der Waals surface area contributed by atoms with Gasteiger partial charge in [-0.3, -0.25) is 4.99 Å². The minimum absolute atomic E-state index is 0. The molecular formula is C18H21F3IN5S. The molecule has 3 aromatic rings. The van der Waals surface area contributed by atoms with Crippen molar-refractivity contribution in [1.29, 1.82) is 0 Å². The summed E-state index contributed by atoms with van der Waals surface area (Å²) in [7, 11) is 1.62. The minimum atomic E-state index is -4.41. The van der Waals surface area contributed by atoms with Gasteiger partial charge in [0, 0.05) is 36.1 Å². The molecule has 28 heavy (non-hydrogen) atoms. The number of nitrogens with one attached hydrogen (secondary N) is 3. The van der Waals surface area contributed by atoms with E-state index in [1.165, 1.54) is 16.5 Å². The Morgan fingerprint density at radius 1 is 1.29 bits per heavy atom. The van der Waals surface area contributed by atoms with Crippen LogP contribution in [0.2, 0.25) is 0 Å². The van der Waals surface area contributed by atoms with Crippen LogP contribution in [0.5, 0.6) is 0 Å². The fraction of sp³-hybridized carbons (Fsp3) is 0.333. The number of para-hydroxylation sites is 1. The summed E-state index contributed by atoms with van der Waals surface area (Å²) in [4.78, 5) is 11.0. The number of hydrogen-bond acceptors (Lipinski definition) is 3. The van der Waals surface area contributed by atoms with Crippen LogP contribution in [0.3, 0.4) is 0 Å². The average molecular weight is 523 g/mol. The largest absolute Gasteiger partial charge is 0.434 e. The van der Waals surface area contributed by atoms with Gasteiger partial charge in [-0.1, -0.05) is 18.2 Å². The molecule has 3 rings (SSSR count). The SMILES string of the molecule is CN=C(NCCc1c[nH]c2c(C)cccc12)NCc1nc(C(F)(F)F)cs1.I. The number of aromatic nitrogens is 2. The number of aryl methyl sites for hydroxylation is 1. The van der Waals surface area contributed by atoms with Crippen LogP contribution >= 0.6 is 35.3 Å². The molecule has 0 atom stereocenters. The quantitative estimate of drug-likeness (QED) is 0.263. The molecule has 0 radical (unpaired) electrons. The van der Waals surface area contributed by atoms with Gasteiger partial charge in [-0.15, -0.1) is 35.3 Å². The van der Waals surface area contributed by atoms with E-state index in [1.807, 2.05) is 12.3 Å². The van der Waals surface area contributed by atoms with Crippen molar-refractivity contribution in [3.63, 3.8) is 0 Å². The Balaban J connectivity index is 0.00000280. The van der Waals surface area contributed by atoms with Crippen molar-refractivity contribution >= 4 is 52.2 Å². The predicted octanol–water partition coefficient (Wildman–Crippen LogP) is 4.48. The summed E-state index contributed by atoms with van der Waals surface area (Å²) < 4.78 is 37.8. The number of rotatable bonds is 5. The highest BCUT2D eigenvalue weighted by atomic mass is 127. The summed E-state index contributed by atoms with van der Waals surface area (Å²) in [5.41, 5.74) is 2.68. The van der Waals surface area contributed by atoms with E-state index in [4.69, 9.17) is 0 Å². The van der Waals surface area contributed by atoms with Crippen LogP contribution in [0, 0.1) is 6.92 Å². The van der Waals surface area contributed by atoms with Gasteiger partial charge in [0.2, 0.25) is 0 Å². The standard InChI is InChI=1S/C18H20F3N5S.HI/c1-11-4-3-5-13-12(8-24-16(11)13)6-7-23-17(22-2)25-9-15-26-14(10-27-15)18(19,20)21;/h3-5,8,10,24H,6-7,9H2,1-2H3,(H2,22,23,25);1H. The lowest BCUT2D eigenvalue weighted by atomic mass is 10.1. The van der Waals surface area contributed by atoms with Crippen molar-refractivity contribution in [2.75, 3.05) is 13.6 Å². The second kappa shape index (κ2) is 9.59. The summed E-state index contributed by atoms with van der Waals surface area (Å²) in [6.07, 6.45) is -1.62. The second-order valence-electron chi connectivity index (χ2n) is 6.04. The maximum Gasteiger partial charge on any atom is 0.434 e. The van der Waals surface area contributed by atoms with Crippen LogP contribution < -0.4 is 10.6 Å². The van der Waals surface area contributed by atoms with Crippen LogP contribution in [0.25, 0.3) is 10.9 Å². The van der Waals surface area contributed by atoms with E-state index in [2.05, 4.69) is 44.7 Å². The summed E-state index contributed by atoms with van der Waals surface area (Å²) in [5, 5.41) is 8.74. The third kappa shape index (κ3) is 5.37. The Kier molecular flexibility index (Phi) is 7.70. The molecule has 0 saturated heterocycles. The number of halogens is 4. The third-order valence-corrected chi connectivity index (χ3v) is 5.02. The zero-order valence-corrected chi connectivity index (χ0v) is 18.5. The fourth-order valence-corrected chi connectivity index (χ4v) is 3.53. The number of H-pyrrole nitrogens is 1. The van der Waals surface area contributed by atoms with E-state index in [0.29, 0.717) is 17.5 Å². The zero-order chi connectivity index (χ0) is 19.4. The molecule has 0 amide bonds. The van der Waals surface area contributed by atoms with Crippen LogP contribution in [-0.4, -0.2) is 29.5 Å². The van der Waals surface area contributed by atoms with Crippen molar-refractivity contribution in [3.05, 3.63) is 51.6 Å². The van der Waals surface area contributed by atoms with Gasteiger partial charge in [0.1, 0.15) is 5.01 Å². The van der Waals surface area contributed by atoms with Crippen LogP contribution in [0.1, 0.15) is 21.8 Å². The lowest BCUT2D eigenvalue weighted by molar-refractivity contribution is -0.140. The lowest BCUT2D eigenvalue weighted by Crippen LogP contribution is -2.37. The molecule has 3 N–H and O–H groups in total. The van der Waals surface area contributed by atoms with Crippen molar-refractivity contribution in [1.82, 2.24) is 20.6 Å². The molecule has 0 fully saturated rings. The molecule has 0 aliphatic heterocycles.